The van der Waals surface area contributed by atoms with E-state index in [1.54, 1.807) is 18.4 Å². The lowest BCUT2D eigenvalue weighted by atomic mass is 10.0. The molecule has 0 aliphatic heterocycles. The summed E-state index contributed by atoms with van der Waals surface area (Å²) in [7, 11) is 0. The van der Waals surface area contributed by atoms with Gasteiger partial charge in [0, 0.05) is 6.54 Å². The van der Waals surface area contributed by atoms with Gasteiger partial charge in [-0.05, 0) is 30.5 Å². The average Bonchev–Trinajstić information content (AvgIpc) is 3.21. The van der Waals surface area contributed by atoms with Gasteiger partial charge in [-0.25, -0.2) is 0 Å². The standard InChI is InChI=1S/C17H18N2O3/c20-15(18-11-13-5-2-1-3-6-13)17(8-9-17)16(21)19-12-14-7-4-10-22-14/h1-7,10H,8-9,11-12H2,(H,18,20)(H,19,21). The molecule has 2 N–H and O–H groups in total. The molecule has 1 heterocycles. The fraction of sp³-hybridized carbons (Fsp3) is 0.294. The Morgan fingerprint density at radius 3 is 2.23 bits per heavy atom. The molecule has 2 aromatic rings. The molecule has 0 spiro atoms. The van der Waals surface area contributed by atoms with Gasteiger partial charge < -0.3 is 15.1 Å². The molecule has 114 valence electrons. The van der Waals surface area contributed by atoms with E-state index in [1.807, 2.05) is 30.3 Å². The van der Waals surface area contributed by atoms with Crippen molar-refractivity contribution in [3.05, 3.63) is 60.1 Å². The molecular formula is C17H18N2O3. The molecule has 1 saturated carbocycles. The Morgan fingerprint density at radius 1 is 0.955 bits per heavy atom. The number of nitrogens with one attached hydrogen (secondary N) is 2. The molecule has 1 aromatic heterocycles. The molecule has 3 rings (SSSR count). The van der Waals surface area contributed by atoms with Crippen LogP contribution in [0.5, 0.6) is 0 Å². The van der Waals surface area contributed by atoms with Gasteiger partial charge in [-0.15, -0.1) is 0 Å². The minimum Gasteiger partial charge on any atom is -0.467 e. The van der Waals surface area contributed by atoms with Gasteiger partial charge >= 0.3 is 0 Å². The number of furan rings is 1. The number of carbonyl (C=O) groups is 2. The maximum absolute atomic E-state index is 12.3. The van der Waals surface area contributed by atoms with Crippen LogP contribution in [0.4, 0.5) is 0 Å². The van der Waals surface area contributed by atoms with Crippen LogP contribution < -0.4 is 10.6 Å². The van der Waals surface area contributed by atoms with Crippen molar-refractivity contribution < 1.29 is 14.0 Å². The molecular weight excluding hydrogens is 280 g/mol. The van der Waals surface area contributed by atoms with Crippen LogP contribution in [0.25, 0.3) is 0 Å². The van der Waals surface area contributed by atoms with Crippen molar-refractivity contribution >= 4 is 11.8 Å². The highest BCUT2D eigenvalue weighted by Crippen LogP contribution is 2.46. The minimum absolute atomic E-state index is 0.201. The first-order chi connectivity index (χ1) is 10.7. The van der Waals surface area contributed by atoms with Gasteiger partial charge in [0.15, 0.2) is 0 Å². The average molecular weight is 298 g/mol. The fourth-order valence-corrected chi connectivity index (χ4v) is 2.38. The summed E-state index contributed by atoms with van der Waals surface area (Å²) in [5, 5.41) is 5.63. The highest BCUT2D eigenvalue weighted by Gasteiger charge is 2.56. The van der Waals surface area contributed by atoms with E-state index in [9.17, 15) is 9.59 Å². The minimum atomic E-state index is -0.901. The van der Waals surface area contributed by atoms with Crippen LogP contribution in [-0.4, -0.2) is 11.8 Å². The topological polar surface area (TPSA) is 71.3 Å². The largest absolute Gasteiger partial charge is 0.467 e. The van der Waals surface area contributed by atoms with E-state index in [-0.39, 0.29) is 11.8 Å². The summed E-state index contributed by atoms with van der Waals surface area (Å²) in [5.41, 5.74) is 0.115. The van der Waals surface area contributed by atoms with Crippen molar-refractivity contribution in [2.75, 3.05) is 0 Å². The molecule has 1 aliphatic rings. The fourth-order valence-electron chi connectivity index (χ4n) is 2.38. The summed E-state index contributed by atoms with van der Waals surface area (Å²) >= 11 is 0. The van der Waals surface area contributed by atoms with Crippen LogP contribution in [-0.2, 0) is 22.7 Å². The first kappa shape index (κ1) is 14.4. The first-order valence-corrected chi connectivity index (χ1v) is 7.34. The van der Waals surface area contributed by atoms with E-state index in [4.69, 9.17) is 4.42 Å². The van der Waals surface area contributed by atoms with Gasteiger partial charge in [0.2, 0.25) is 11.8 Å². The molecule has 5 heteroatoms. The lowest BCUT2D eigenvalue weighted by Crippen LogP contribution is -2.42. The number of carbonyl (C=O) groups excluding carboxylic acids is 2. The Balaban J connectivity index is 1.53. The van der Waals surface area contributed by atoms with Crippen LogP contribution in [0, 0.1) is 5.41 Å². The van der Waals surface area contributed by atoms with Gasteiger partial charge in [-0.3, -0.25) is 9.59 Å². The predicted molar refractivity (Wildman–Crippen MR) is 80.5 cm³/mol. The van der Waals surface area contributed by atoms with E-state index < -0.39 is 5.41 Å². The predicted octanol–water partition coefficient (Wildman–Crippen LogP) is 1.99. The van der Waals surface area contributed by atoms with Crippen molar-refractivity contribution in [2.24, 2.45) is 5.41 Å². The quantitative estimate of drug-likeness (QED) is 0.801. The summed E-state index contributed by atoms with van der Waals surface area (Å²) < 4.78 is 5.17. The Kier molecular flexibility index (Phi) is 3.96. The maximum atomic E-state index is 12.3. The van der Waals surface area contributed by atoms with Crippen molar-refractivity contribution in [3.63, 3.8) is 0 Å². The van der Waals surface area contributed by atoms with Crippen LogP contribution >= 0.6 is 0 Å². The molecule has 5 nitrogen and oxygen atoms in total. The van der Waals surface area contributed by atoms with E-state index in [2.05, 4.69) is 10.6 Å². The molecule has 0 unspecified atom stereocenters. The second-order valence-electron chi connectivity index (χ2n) is 5.51. The number of amides is 2. The van der Waals surface area contributed by atoms with Gasteiger partial charge in [-0.2, -0.15) is 0 Å². The van der Waals surface area contributed by atoms with Crippen molar-refractivity contribution in [3.8, 4) is 0 Å². The van der Waals surface area contributed by atoms with Gasteiger partial charge in [0.1, 0.15) is 11.2 Å². The number of benzene rings is 1. The number of hydrogen-bond acceptors (Lipinski definition) is 3. The second-order valence-corrected chi connectivity index (χ2v) is 5.51. The molecule has 1 aromatic carbocycles. The smallest absolute Gasteiger partial charge is 0.236 e. The second kappa shape index (κ2) is 6.05. The number of rotatable bonds is 6. The lowest BCUT2D eigenvalue weighted by Gasteiger charge is -2.15. The van der Waals surface area contributed by atoms with Crippen LogP contribution in [0.15, 0.2) is 53.1 Å². The maximum Gasteiger partial charge on any atom is 0.236 e. The van der Waals surface area contributed by atoms with E-state index in [1.165, 1.54) is 0 Å². The SMILES string of the molecule is O=C(NCc1ccccc1)C1(C(=O)NCc2ccco2)CC1. The highest BCUT2D eigenvalue weighted by atomic mass is 16.3. The third-order valence-corrected chi connectivity index (χ3v) is 3.92. The third kappa shape index (κ3) is 3.03. The molecule has 0 radical (unpaired) electrons. The summed E-state index contributed by atoms with van der Waals surface area (Å²) in [6.07, 6.45) is 2.75. The zero-order valence-corrected chi connectivity index (χ0v) is 12.2. The van der Waals surface area contributed by atoms with Crippen LogP contribution in [0.1, 0.15) is 24.2 Å². The zero-order chi connectivity index (χ0) is 15.4. The zero-order valence-electron chi connectivity index (χ0n) is 12.2. The first-order valence-electron chi connectivity index (χ1n) is 7.34. The lowest BCUT2D eigenvalue weighted by molar-refractivity contribution is -0.137. The Bertz CT molecular complexity index is 646. The molecule has 0 bridgehead atoms. The molecule has 1 aliphatic carbocycles. The molecule has 22 heavy (non-hydrogen) atoms. The Labute approximate surface area is 128 Å². The monoisotopic (exact) mass is 298 g/mol. The van der Waals surface area contributed by atoms with Gasteiger partial charge in [-0.1, -0.05) is 30.3 Å². The van der Waals surface area contributed by atoms with Crippen molar-refractivity contribution in [1.29, 1.82) is 0 Å². The van der Waals surface area contributed by atoms with Crippen molar-refractivity contribution in [1.82, 2.24) is 10.6 Å². The summed E-state index contributed by atoms with van der Waals surface area (Å²) in [6.45, 7) is 0.742. The van der Waals surface area contributed by atoms with E-state index in [0.717, 1.165) is 5.56 Å². The van der Waals surface area contributed by atoms with Gasteiger partial charge in [0.25, 0.3) is 0 Å². The van der Waals surface area contributed by atoms with Gasteiger partial charge in [0.05, 0.1) is 12.8 Å². The molecule has 0 saturated heterocycles. The summed E-state index contributed by atoms with van der Waals surface area (Å²) in [4.78, 5) is 24.6. The third-order valence-electron chi connectivity index (χ3n) is 3.92. The van der Waals surface area contributed by atoms with Crippen LogP contribution in [0.2, 0.25) is 0 Å². The van der Waals surface area contributed by atoms with Crippen molar-refractivity contribution in [2.45, 2.75) is 25.9 Å². The normalized spacial score (nSPS) is 15.1. The van der Waals surface area contributed by atoms with Crippen LogP contribution in [0.3, 0.4) is 0 Å². The molecule has 2 amide bonds. The van der Waals surface area contributed by atoms with E-state index >= 15 is 0 Å². The Hall–Kier alpha value is -2.56. The van der Waals surface area contributed by atoms with E-state index in [0.29, 0.717) is 31.7 Å². The summed E-state index contributed by atoms with van der Waals surface area (Å²) in [6, 6.07) is 13.2. The Morgan fingerprint density at radius 2 is 1.64 bits per heavy atom. The molecule has 0 atom stereocenters. The number of hydrogen-bond donors (Lipinski definition) is 2. The highest BCUT2D eigenvalue weighted by molar-refractivity contribution is 6.07. The summed E-state index contributed by atoms with van der Waals surface area (Å²) in [5.74, 6) is 0.247. The molecule has 1 fully saturated rings.